The lowest BCUT2D eigenvalue weighted by Gasteiger charge is -2.33. The van der Waals surface area contributed by atoms with Crippen molar-refractivity contribution in [1.82, 2.24) is 9.88 Å². The number of likely N-dealkylation sites (tertiary alicyclic amines) is 1. The van der Waals surface area contributed by atoms with Gasteiger partial charge in [-0.15, -0.1) is 0 Å². The molecule has 0 atom stereocenters. The van der Waals surface area contributed by atoms with Crippen LogP contribution in [0.25, 0.3) is 5.57 Å². The number of aliphatic imine (C=N–C) groups is 2. The Morgan fingerprint density at radius 2 is 2.04 bits per heavy atom. The standard InChI is InChI=1S/C21H30N6O/c1-15(22)11-21(27-9-6-17(7-10-27)12-20(23)28)26-16(2)19(14-24-3)18-5-4-8-25-13-18/h4-5,8,11,13-14,17H,6-7,9-10,12,22H2,1-3H3,(H2,23,28)/b15-11+,19-16-,24-14?,26-21+. The van der Waals surface area contributed by atoms with Gasteiger partial charge in [-0.1, -0.05) is 6.07 Å². The summed E-state index contributed by atoms with van der Waals surface area (Å²) < 4.78 is 0. The molecule has 1 saturated heterocycles. The van der Waals surface area contributed by atoms with Crippen LogP contribution in [0.3, 0.4) is 0 Å². The maximum atomic E-state index is 11.2. The van der Waals surface area contributed by atoms with Crippen molar-refractivity contribution in [3.05, 3.63) is 47.6 Å². The van der Waals surface area contributed by atoms with E-state index < -0.39 is 0 Å². The highest BCUT2D eigenvalue weighted by Crippen LogP contribution is 2.22. The number of nitrogens with two attached hydrogens (primary N) is 2. The minimum atomic E-state index is -0.233. The second-order valence-electron chi connectivity index (χ2n) is 7.09. The average Bonchev–Trinajstić information content (AvgIpc) is 2.66. The van der Waals surface area contributed by atoms with Crippen LogP contribution in [0.2, 0.25) is 0 Å². The van der Waals surface area contributed by atoms with Crippen molar-refractivity contribution >= 4 is 23.5 Å². The molecule has 7 heteroatoms. The molecule has 1 aromatic heterocycles. The Morgan fingerprint density at radius 3 is 2.57 bits per heavy atom. The number of pyridine rings is 1. The molecule has 1 aliphatic rings. The number of amidine groups is 1. The molecule has 7 nitrogen and oxygen atoms in total. The van der Waals surface area contributed by atoms with Crippen LogP contribution in [0, 0.1) is 5.92 Å². The third-order valence-electron chi connectivity index (χ3n) is 4.69. The first-order valence-electron chi connectivity index (χ1n) is 9.49. The van der Waals surface area contributed by atoms with Crippen LogP contribution >= 0.6 is 0 Å². The van der Waals surface area contributed by atoms with Gasteiger partial charge in [-0.25, -0.2) is 4.99 Å². The number of primary amides is 1. The molecule has 1 aliphatic heterocycles. The van der Waals surface area contributed by atoms with Gasteiger partial charge in [0.15, 0.2) is 0 Å². The topological polar surface area (TPSA) is 110 Å². The van der Waals surface area contributed by atoms with Crippen LogP contribution < -0.4 is 11.5 Å². The van der Waals surface area contributed by atoms with Crippen LogP contribution in [0.15, 0.2) is 52.0 Å². The lowest BCUT2D eigenvalue weighted by Crippen LogP contribution is -2.39. The fourth-order valence-electron chi connectivity index (χ4n) is 3.31. The molecule has 4 N–H and O–H groups in total. The Hall–Kier alpha value is -2.96. The minimum Gasteiger partial charge on any atom is -0.402 e. The predicted octanol–water partition coefficient (Wildman–Crippen LogP) is 2.36. The Kier molecular flexibility index (Phi) is 7.92. The molecule has 0 radical (unpaired) electrons. The number of carbonyl (C=O) groups is 1. The summed E-state index contributed by atoms with van der Waals surface area (Å²) in [5.74, 6) is 0.928. The number of aromatic nitrogens is 1. The number of carbonyl (C=O) groups excluding carboxylic acids is 1. The number of rotatable bonds is 6. The van der Waals surface area contributed by atoms with Gasteiger partial charge >= 0.3 is 0 Å². The zero-order valence-corrected chi connectivity index (χ0v) is 16.9. The van der Waals surface area contributed by atoms with E-state index >= 15 is 0 Å². The number of nitrogens with zero attached hydrogens (tertiary/aromatic N) is 4. The lowest BCUT2D eigenvalue weighted by molar-refractivity contribution is -0.119. The normalized spacial score (nSPS) is 17.8. The molecular formula is C21H30N6O. The van der Waals surface area contributed by atoms with Gasteiger partial charge in [0.25, 0.3) is 0 Å². The van der Waals surface area contributed by atoms with E-state index in [0.717, 1.165) is 48.6 Å². The molecule has 0 aliphatic carbocycles. The Morgan fingerprint density at radius 1 is 1.32 bits per heavy atom. The molecule has 0 bridgehead atoms. The van der Waals surface area contributed by atoms with Gasteiger partial charge in [0.05, 0.1) is 0 Å². The second kappa shape index (κ2) is 10.4. The van der Waals surface area contributed by atoms with Crippen molar-refractivity contribution in [2.24, 2.45) is 27.4 Å². The molecular weight excluding hydrogens is 352 g/mol. The Bertz CT molecular complexity index is 782. The SMILES string of the molecule is CN=C/C(=C(C)/N=C(\C=C(/C)N)N1CCC(CC(N)=O)CC1)c1cccnc1. The second-order valence-corrected chi connectivity index (χ2v) is 7.09. The molecule has 2 rings (SSSR count). The van der Waals surface area contributed by atoms with E-state index in [2.05, 4.69) is 14.9 Å². The summed E-state index contributed by atoms with van der Waals surface area (Å²) >= 11 is 0. The van der Waals surface area contributed by atoms with Crippen LogP contribution in [0.1, 0.15) is 38.7 Å². The molecule has 1 aromatic rings. The van der Waals surface area contributed by atoms with Crippen molar-refractivity contribution in [1.29, 1.82) is 0 Å². The molecule has 2 heterocycles. The van der Waals surface area contributed by atoms with Crippen LogP contribution in [0.5, 0.6) is 0 Å². The van der Waals surface area contributed by atoms with Crippen molar-refractivity contribution in [3.63, 3.8) is 0 Å². The van der Waals surface area contributed by atoms with Crippen molar-refractivity contribution in [2.75, 3.05) is 20.1 Å². The fraction of sp³-hybridized carbons (Fsp3) is 0.429. The highest BCUT2D eigenvalue weighted by Gasteiger charge is 2.22. The molecule has 0 spiro atoms. The Balaban J connectivity index is 2.32. The number of hydrogen-bond donors (Lipinski definition) is 2. The third kappa shape index (κ3) is 6.33. The van der Waals surface area contributed by atoms with Gasteiger partial charge in [-0.2, -0.15) is 0 Å². The number of allylic oxidation sites excluding steroid dienone is 3. The largest absolute Gasteiger partial charge is 0.402 e. The summed E-state index contributed by atoms with van der Waals surface area (Å²) in [7, 11) is 1.74. The van der Waals surface area contributed by atoms with E-state index in [4.69, 9.17) is 16.5 Å². The summed E-state index contributed by atoms with van der Waals surface area (Å²) in [5.41, 5.74) is 14.7. The lowest BCUT2D eigenvalue weighted by atomic mass is 9.93. The minimum absolute atomic E-state index is 0.233. The van der Waals surface area contributed by atoms with Gasteiger partial charge in [0.1, 0.15) is 5.84 Å². The highest BCUT2D eigenvalue weighted by atomic mass is 16.1. The van der Waals surface area contributed by atoms with Crippen molar-refractivity contribution in [3.8, 4) is 0 Å². The van der Waals surface area contributed by atoms with Crippen LogP contribution in [0.4, 0.5) is 0 Å². The van der Waals surface area contributed by atoms with Gasteiger partial charge in [-0.05, 0) is 44.7 Å². The van der Waals surface area contributed by atoms with Crippen molar-refractivity contribution < 1.29 is 4.79 Å². The van der Waals surface area contributed by atoms with Crippen LogP contribution in [-0.2, 0) is 4.79 Å². The first kappa shape index (κ1) is 21.3. The molecule has 0 saturated carbocycles. The molecule has 0 aromatic carbocycles. The predicted molar refractivity (Wildman–Crippen MR) is 115 cm³/mol. The zero-order valence-electron chi connectivity index (χ0n) is 16.9. The summed E-state index contributed by atoms with van der Waals surface area (Å²) in [6, 6.07) is 3.88. The van der Waals surface area contributed by atoms with E-state index in [1.165, 1.54) is 0 Å². The van der Waals surface area contributed by atoms with E-state index in [1.54, 1.807) is 25.7 Å². The zero-order chi connectivity index (χ0) is 20.5. The van der Waals surface area contributed by atoms with Gasteiger partial charge in [0.2, 0.25) is 5.91 Å². The molecule has 1 amide bonds. The first-order chi connectivity index (χ1) is 13.4. The van der Waals surface area contributed by atoms with E-state index in [1.807, 2.05) is 32.1 Å². The van der Waals surface area contributed by atoms with Crippen LogP contribution in [-0.4, -0.2) is 48.0 Å². The highest BCUT2D eigenvalue weighted by molar-refractivity contribution is 6.11. The van der Waals surface area contributed by atoms with Gasteiger partial charge in [0, 0.05) is 67.7 Å². The number of piperidine rings is 1. The summed E-state index contributed by atoms with van der Waals surface area (Å²) in [5, 5.41) is 0. The van der Waals surface area contributed by atoms with Gasteiger partial charge < -0.3 is 16.4 Å². The maximum absolute atomic E-state index is 11.2. The van der Waals surface area contributed by atoms with Crippen molar-refractivity contribution in [2.45, 2.75) is 33.1 Å². The quantitative estimate of drug-likeness (QED) is 0.581. The summed E-state index contributed by atoms with van der Waals surface area (Å²) in [6.07, 6.45) is 9.50. The maximum Gasteiger partial charge on any atom is 0.217 e. The molecule has 1 fully saturated rings. The number of hydrogen-bond acceptors (Lipinski definition) is 5. The van der Waals surface area contributed by atoms with E-state index in [-0.39, 0.29) is 5.91 Å². The third-order valence-corrected chi connectivity index (χ3v) is 4.69. The fourth-order valence-corrected chi connectivity index (χ4v) is 3.31. The average molecular weight is 383 g/mol. The molecule has 150 valence electrons. The summed E-state index contributed by atoms with van der Waals surface area (Å²) in [6.45, 7) is 5.45. The monoisotopic (exact) mass is 382 g/mol. The first-order valence-corrected chi connectivity index (χ1v) is 9.49. The molecule has 28 heavy (non-hydrogen) atoms. The van der Waals surface area contributed by atoms with E-state index in [0.29, 0.717) is 18.0 Å². The Labute approximate surface area is 166 Å². The number of amides is 1. The molecule has 0 unspecified atom stereocenters. The van der Waals surface area contributed by atoms with Gasteiger partial charge in [-0.3, -0.25) is 14.8 Å². The van der Waals surface area contributed by atoms with E-state index in [9.17, 15) is 4.79 Å². The summed E-state index contributed by atoms with van der Waals surface area (Å²) in [4.78, 5) is 26.6. The smallest absolute Gasteiger partial charge is 0.217 e.